The first-order chi connectivity index (χ1) is 18.6. The van der Waals surface area contributed by atoms with Crippen LogP contribution in [0.5, 0.6) is 0 Å². The Morgan fingerprint density at radius 2 is 1.87 bits per heavy atom. The second-order valence-corrected chi connectivity index (χ2v) is 11.0. The summed E-state index contributed by atoms with van der Waals surface area (Å²) in [6.45, 7) is 8.14. The molecule has 1 amide bonds. The Hall–Kier alpha value is -3.31. The fraction of sp³-hybridized carbons (Fsp3) is 0.393. The van der Waals surface area contributed by atoms with E-state index in [4.69, 9.17) is 4.74 Å². The van der Waals surface area contributed by atoms with Crippen LogP contribution < -0.4 is 10.6 Å². The van der Waals surface area contributed by atoms with Gasteiger partial charge in [-0.2, -0.15) is 18.2 Å². The topological polar surface area (TPSA) is 67.7 Å². The number of nitrogens with zero attached hydrogens (tertiary/aromatic N) is 4. The van der Waals surface area contributed by atoms with E-state index in [9.17, 15) is 22.8 Å². The molecule has 11 heteroatoms. The van der Waals surface area contributed by atoms with Crippen molar-refractivity contribution in [1.82, 2.24) is 14.5 Å². The number of carbonyl (C=O) groups excluding carboxylic acids is 1. The highest BCUT2D eigenvalue weighted by molar-refractivity contribution is 7.99. The van der Waals surface area contributed by atoms with Crippen LogP contribution in [0.1, 0.15) is 25.5 Å². The number of rotatable bonds is 5. The molecule has 2 aromatic carbocycles. The van der Waals surface area contributed by atoms with Crippen LogP contribution in [0.3, 0.4) is 0 Å². The number of amides is 1. The van der Waals surface area contributed by atoms with Crippen molar-refractivity contribution in [2.24, 2.45) is 0 Å². The van der Waals surface area contributed by atoms with Gasteiger partial charge in [0.25, 0.3) is 0 Å². The zero-order valence-electron chi connectivity index (χ0n) is 21.9. The molecule has 1 fully saturated rings. The molecule has 3 unspecified atom stereocenters. The molecule has 0 bridgehead atoms. The largest absolute Gasteiger partial charge is 0.417 e. The molecule has 3 heterocycles. The standard InChI is InChI=1S/C28H29F3N4O3S/c1-5-22(36)34-16(2)12-33(13-17(34)3)26-20-11-21(28(29,30)31)23(18-9-7-6-8-10-18)25-24(20)35(27(37)32-26)19(14-38-4)15-39-25/h5-11,16-17,19H,1,12-15H2,2-4H3. The molecule has 39 heavy (non-hydrogen) atoms. The van der Waals surface area contributed by atoms with Crippen molar-refractivity contribution < 1.29 is 22.7 Å². The van der Waals surface area contributed by atoms with Gasteiger partial charge in [0.2, 0.25) is 5.91 Å². The summed E-state index contributed by atoms with van der Waals surface area (Å²) in [7, 11) is 1.53. The van der Waals surface area contributed by atoms with Gasteiger partial charge in [-0.1, -0.05) is 36.9 Å². The number of thioether (sulfide) groups is 1. The molecule has 2 aliphatic rings. The minimum absolute atomic E-state index is 0.0601. The number of alkyl halides is 3. The van der Waals surface area contributed by atoms with Crippen molar-refractivity contribution in [3.8, 4) is 11.1 Å². The number of benzene rings is 2. The summed E-state index contributed by atoms with van der Waals surface area (Å²) in [5.41, 5.74) is -0.394. The number of carbonyl (C=O) groups is 1. The van der Waals surface area contributed by atoms with E-state index >= 15 is 0 Å². The van der Waals surface area contributed by atoms with E-state index in [1.807, 2.05) is 18.7 Å². The maximum Gasteiger partial charge on any atom is 0.417 e. The Morgan fingerprint density at radius 1 is 1.21 bits per heavy atom. The van der Waals surface area contributed by atoms with E-state index in [1.54, 1.807) is 35.2 Å². The molecule has 2 aliphatic heterocycles. The van der Waals surface area contributed by atoms with Crippen molar-refractivity contribution in [2.75, 3.05) is 37.5 Å². The van der Waals surface area contributed by atoms with Crippen molar-refractivity contribution >= 4 is 34.4 Å². The lowest BCUT2D eigenvalue weighted by molar-refractivity contribution is -0.137. The van der Waals surface area contributed by atoms with Crippen LogP contribution in [0, 0.1) is 0 Å². The summed E-state index contributed by atoms with van der Waals surface area (Å²) in [6.07, 6.45) is -3.39. The molecule has 5 rings (SSSR count). The van der Waals surface area contributed by atoms with Gasteiger partial charge in [0.05, 0.1) is 23.7 Å². The lowest BCUT2D eigenvalue weighted by Crippen LogP contribution is -2.58. The smallest absolute Gasteiger partial charge is 0.383 e. The molecule has 0 radical (unpaired) electrons. The number of aromatic nitrogens is 2. The van der Waals surface area contributed by atoms with E-state index < -0.39 is 17.4 Å². The number of anilines is 1. The molecule has 1 aromatic heterocycles. The summed E-state index contributed by atoms with van der Waals surface area (Å²) in [4.78, 5) is 34.3. The number of methoxy groups -OCH3 is 1. The first-order valence-corrected chi connectivity index (χ1v) is 13.6. The van der Waals surface area contributed by atoms with E-state index in [-0.39, 0.29) is 47.4 Å². The fourth-order valence-electron chi connectivity index (χ4n) is 5.80. The summed E-state index contributed by atoms with van der Waals surface area (Å²) >= 11 is 1.30. The lowest BCUT2D eigenvalue weighted by Gasteiger charge is -2.45. The summed E-state index contributed by atoms with van der Waals surface area (Å²) < 4.78 is 50.8. The second-order valence-electron chi connectivity index (χ2n) is 9.95. The Kier molecular flexibility index (Phi) is 7.23. The van der Waals surface area contributed by atoms with Crippen molar-refractivity contribution in [3.63, 3.8) is 0 Å². The third-order valence-electron chi connectivity index (χ3n) is 7.30. The Morgan fingerprint density at radius 3 is 2.46 bits per heavy atom. The van der Waals surface area contributed by atoms with Gasteiger partial charge in [-0.15, -0.1) is 11.8 Å². The van der Waals surface area contributed by atoms with Crippen LogP contribution >= 0.6 is 11.8 Å². The monoisotopic (exact) mass is 558 g/mol. The normalized spacial score (nSPS) is 21.3. The van der Waals surface area contributed by atoms with Gasteiger partial charge in [-0.05, 0) is 31.6 Å². The highest BCUT2D eigenvalue weighted by atomic mass is 32.2. The Balaban J connectivity index is 1.81. The number of piperazine rings is 1. The Labute approximate surface area is 228 Å². The van der Waals surface area contributed by atoms with E-state index in [0.717, 1.165) is 6.07 Å². The molecule has 0 saturated carbocycles. The average Bonchev–Trinajstić information content (AvgIpc) is 2.90. The predicted molar refractivity (Wildman–Crippen MR) is 146 cm³/mol. The van der Waals surface area contributed by atoms with Crippen LogP contribution in [0.2, 0.25) is 0 Å². The van der Waals surface area contributed by atoms with Crippen LogP contribution in [-0.4, -0.2) is 65.0 Å². The van der Waals surface area contributed by atoms with E-state index in [0.29, 0.717) is 34.8 Å². The lowest BCUT2D eigenvalue weighted by atomic mass is 9.96. The van der Waals surface area contributed by atoms with E-state index in [2.05, 4.69) is 11.6 Å². The van der Waals surface area contributed by atoms with Gasteiger partial charge in [0.1, 0.15) is 5.82 Å². The zero-order valence-corrected chi connectivity index (χ0v) is 22.7. The van der Waals surface area contributed by atoms with Crippen LogP contribution in [0.25, 0.3) is 22.0 Å². The van der Waals surface area contributed by atoms with Crippen molar-refractivity contribution in [1.29, 1.82) is 0 Å². The van der Waals surface area contributed by atoms with Crippen LogP contribution in [-0.2, 0) is 15.7 Å². The van der Waals surface area contributed by atoms with Gasteiger partial charge in [0.15, 0.2) is 0 Å². The van der Waals surface area contributed by atoms with Gasteiger partial charge in [-0.25, -0.2) is 4.79 Å². The zero-order chi connectivity index (χ0) is 28.1. The number of hydrogen-bond acceptors (Lipinski definition) is 6. The highest BCUT2D eigenvalue weighted by Gasteiger charge is 2.40. The van der Waals surface area contributed by atoms with Gasteiger partial charge in [-0.3, -0.25) is 9.36 Å². The highest BCUT2D eigenvalue weighted by Crippen LogP contribution is 2.49. The number of halogens is 3. The van der Waals surface area contributed by atoms with Gasteiger partial charge in [0, 0.05) is 53.9 Å². The minimum Gasteiger partial charge on any atom is -0.383 e. The molecule has 0 aliphatic carbocycles. The summed E-state index contributed by atoms with van der Waals surface area (Å²) in [5.74, 6) is 0.347. The van der Waals surface area contributed by atoms with Crippen molar-refractivity contribution in [2.45, 2.75) is 43.0 Å². The van der Waals surface area contributed by atoms with Crippen LogP contribution in [0.4, 0.5) is 19.0 Å². The van der Waals surface area contributed by atoms with Crippen molar-refractivity contribution in [3.05, 3.63) is 65.1 Å². The molecule has 1 saturated heterocycles. The fourth-order valence-corrected chi connectivity index (χ4v) is 7.12. The maximum atomic E-state index is 14.7. The molecule has 206 valence electrons. The SMILES string of the molecule is C=CC(=O)N1C(C)CN(c2nc(=O)n3c4c(c(-c5ccccc5)c(C(F)(F)F)cc24)SCC3COC)CC1C. The molecular weight excluding hydrogens is 529 g/mol. The molecule has 3 aromatic rings. The molecular formula is C28H29F3N4O3S. The van der Waals surface area contributed by atoms with Crippen LogP contribution in [0.15, 0.2) is 58.7 Å². The summed E-state index contributed by atoms with van der Waals surface area (Å²) in [5, 5.41) is 0.257. The molecule has 0 spiro atoms. The number of ether oxygens (including phenoxy) is 1. The number of hydrogen-bond donors (Lipinski definition) is 0. The first-order valence-electron chi connectivity index (χ1n) is 12.6. The van der Waals surface area contributed by atoms with E-state index in [1.165, 1.54) is 29.5 Å². The van der Waals surface area contributed by atoms with Gasteiger partial charge < -0.3 is 14.5 Å². The summed E-state index contributed by atoms with van der Waals surface area (Å²) in [6, 6.07) is 8.66. The molecule has 3 atom stereocenters. The average molecular weight is 559 g/mol. The van der Waals surface area contributed by atoms with Gasteiger partial charge >= 0.3 is 11.9 Å². The quantitative estimate of drug-likeness (QED) is 0.412. The third-order valence-corrected chi connectivity index (χ3v) is 8.54. The minimum atomic E-state index is -4.65. The predicted octanol–water partition coefficient (Wildman–Crippen LogP) is 4.99. The Bertz CT molecular complexity index is 1480. The molecule has 7 nitrogen and oxygen atoms in total. The second kappa shape index (κ2) is 10.3. The first kappa shape index (κ1) is 27.3. The third kappa shape index (κ3) is 4.71. The molecule has 0 N–H and O–H groups in total. The maximum absolute atomic E-state index is 14.7.